The SMILES string of the molecule is C[C@H]1CNCCN1CC(=O)NCc1ccc(C(=O)N2CCOCC2)cc1. The van der Waals surface area contributed by atoms with E-state index >= 15 is 0 Å². The van der Waals surface area contributed by atoms with Gasteiger partial charge < -0.3 is 20.3 Å². The molecule has 0 aliphatic carbocycles. The topological polar surface area (TPSA) is 73.9 Å². The van der Waals surface area contributed by atoms with Gasteiger partial charge in [0, 0.05) is 50.9 Å². The van der Waals surface area contributed by atoms with Crippen LogP contribution in [0.1, 0.15) is 22.8 Å². The molecule has 0 unspecified atom stereocenters. The van der Waals surface area contributed by atoms with Gasteiger partial charge in [-0.3, -0.25) is 14.5 Å². The van der Waals surface area contributed by atoms with Crippen molar-refractivity contribution in [2.45, 2.75) is 19.5 Å². The fourth-order valence-corrected chi connectivity index (χ4v) is 3.27. The molecule has 2 aliphatic rings. The van der Waals surface area contributed by atoms with Gasteiger partial charge in [0.1, 0.15) is 0 Å². The van der Waals surface area contributed by atoms with Crippen LogP contribution in [0.15, 0.2) is 24.3 Å². The van der Waals surface area contributed by atoms with Gasteiger partial charge in [0.15, 0.2) is 0 Å². The number of hydrogen-bond donors (Lipinski definition) is 2. The lowest BCUT2D eigenvalue weighted by molar-refractivity contribution is -0.123. The van der Waals surface area contributed by atoms with E-state index in [2.05, 4.69) is 22.5 Å². The average Bonchev–Trinajstić information content (AvgIpc) is 2.69. The van der Waals surface area contributed by atoms with Crippen LogP contribution < -0.4 is 10.6 Å². The number of ether oxygens (including phenoxy) is 1. The zero-order valence-corrected chi connectivity index (χ0v) is 15.4. The minimum Gasteiger partial charge on any atom is -0.378 e. The summed E-state index contributed by atoms with van der Waals surface area (Å²) in [5, 5.41) is 6.29. The number of benzene rings is 1. The summed E-state index contributed by atoms with van der Waals surface area (Å²) in [6, 6.07) is 7.85. The van der Waals surface area contributed by atoms with Crippen LogP contribution in [0.2, 0.25) is 0 Å². The molecule has 142 valence electrons. The second-order valence-electron chi connectivity index (χ2n) is 6.90. The molecule has 0 radical (unpaired) electrons. The van der Waals surface area contributed by atoms with E-state index in [4.69, 9.17) is 4.74 Å². The van der Waals surface area contributed by atoms with E-state index in [9.17, 15) is 9.59 Å². The number of piperazine rings is 1. The van der Waals surface area contributed by atoms with E-state index in [1.807, 2.05) is 29.2 Å². The second kappa shape index (κ2) is 9.12. The van der Waals surface area contributed by atoms with Gasteiger partial charge in [0.25, 0.3) is 5.91 Å². The van der Waals surface area contributed by atoms with Gasteiger partial charge in [0.2, 0.25) is 5.91 Å². The maximum atomic E-state index is 12.4. The summed E-state index contributed by atoms with van der Waals surface area (Å²) in [6.45, 7) is 8.26. The molecule has 7 heteroatoms. The Morgan fingerprint density at radius 2 is 1.92 bits per heavy atom. The molecule has 2 fully saturated rings. The lowest BCUT2D eigenvalue weighted by Crippen LogP contribution is -2.52. The van der Waals surface area contributed by atoms with Crippen molar-refractivity contribution in [3.8, 4) is 0 Å². The van der Waals surface area contributed by atoms with Gasteiger partial charge in [-0.15, -0.1) is 0 Å². The van der Waals surface area contributed by atoms with E-state index in [-0.39, 0.29) is 11.8 Å². The predicted molar refractivity (Wildman–Crippen MR) is 98.9 cm³/mol. The van der Waals surface area contributed by atoms with Crippen LogP contribution in [0.4, 0.5) is 0 Å². The average molecular weight is 360 g/mol. The van der Waals surface area contributed by atoms with E-state index in [0.29, 0.717) is 51.0 Å². The van der Waals surface area contributed by atoms with Crippen molar-refractivity contribution in [3.05, 3.63) is 35.4 Å². The molecule has 0 bridgehead atoms. The number of amides is 2. The molecular weight excluding hydrogens is 332 g/mol. The minimum absolute atomic E-state index is 0.0345. The Morgan fingerprint density at radius 3 is 2.62 bits per heavy atom. The van der Waals surface area contributed by atoms with Crippen molar-refractivity contribution in [2.75, 3.05) is 52.5 Å². The second-order valence-corrected chi connectivity index (χ2v) is 6.90. The standard InChI is InChI=1S/C19H28N4O3/c1-15-12-20-6-7-23(15)14-18(24)21-13-16-2-4-17(5-3-16)19(25)22-8-10-26-11-9-22/h2-5,15,20H,6-14H2,1H3,(H,21,24)/t15-/m0/s1. The molecule has 2 N–H and O–H groups in total. The molecule has 2 amide bonds. The molecule has 3 rings (SSSR count). The van der Waals surface area contributed by atoms with Crippen LogP contribution in [0.25, 0.3) is 0 Å². The Morgan fingerprint density at radius 1 is 1.19 bits per heavy atom. The van der Waals surface area contributed by atoms with Crippen LogP contribution in [-0.4, -0.2) is 80.1 Å². The third-order valence-electron chi connectivity index (χ3n) is 4.97. The van der Waals surface area contributed by atoms with Crippen LogP contribution in [-0.2, 0) is 16.1 Å². The molecule has 1 aromatic rings. The molecule has 0 aromatic heterocycles. The first-order chi connectivity index (χ1) is 12.6. The lowest BCUT2D eigenvalue weighted by atomic mass is 10.1. The summed E-state index contributed by atoms with van der Waals surface area (Å²) in [5.41, 5.74) is 1.67. The van der Waals surface area contributed by atoms with Gasteiger partial charge >= 0.3 is 0 Å². The number of carbonyl (C=O) groups is 2. The van der Waals surface area contributed by atoms with Gasteiger partial charge in [-0.2, -0.15) is 0 Å². The van der Waals surface area contributed by atoms with Crippen LogP contribution >= 0.6 is 0 Å². The number of nitrogens with one attached hydrogen (secondary N) is 2. The fraction of sp³-hybridized carbons (Fsp3) is 0.579. The highest BCUT2D eigenvalue weighted by Crippen LogP contribution is 2.10. The summed E-state index contributed by atoms with van der Waals surface area (Å²) in [6.07, 6.45) is 0. The highest BCUT2D eigenvalue weighted by molar-refractivity contribution is 5.94. The lowest BCUT2D eigenvalue weighted by Gasteiger charge is -2.33. The van der Waals surface area contributed by atoms with Gasteiger partial charge in [-0.25, -0.2) is 0 Å². The van der Waals surface area contributed by atoms with Gasteiger partial charge in [0.05, 0.1) is 19.8 Å². The molecule has 2 aliphatic heterocycles. The minimum atomic E-state index is 0.0345. The third-order valence-corrected chi connectivity index (χ3v) is 4.97. The zero-order chi connectivity index (χ0) is 18.4. The van der Waals surface area contributed by atoms with E-state index in [0.717, 1.165) is 25.2 Å². The molecule has 2 heterocycles. The normalized spacial score (nSPS) is 21.4. The summed E-state index contributed by atoms with van der Waals surface area (Å²) in [5.74, 6) is 0.0730. The summed E-state index contributed by atoms with van der Waals surface area (Å²) >= 11 is 0. The van der Waals surface area contributed by atoms with E-state index in [1.54, 1.807) is 0 Å². The van der Waals surface area contributed by atoms with Crippen LogP contribution in [0.3, 0.4) is 0 Å². The molecule has 26 heavy (non-hydrogen) atoms. The van der Waals surface area contributed by atoms with Crippen molar-refractivity contribution in [1.82, 2.24) is 20.4 Å². The first-order valence-electron chi connectivity index (χ1n) is 9.31. The van der Waals surface area contributed by atoms with Gasteiger partial charge in [-0.05, 0) is 24.6 Å². The Balaban J connectivity index is 1.46. The van der Waals surface area contributed by atoms with Crippen molar-refractivity contribution in [1.29, 1.82) is 0 Å². The van der Waals surface area contributed by atoms with E-state index < -0.39 is 0 Å². The van der Waals surface area contributed by atoms with Crippen molar-refractivity contribution >= 4 is 11.8 Å². The number of carbonyl (C=O) groups excluding carboxylic acids is 2. The number of rotatable bonds is 5. The summed E-state index contributed by atoms with van der Waals surface area (Å²) in [4.78, 5) is 28.6. The zero-order valence-electron chi connectivity index (χ0n) is 15.4. The summed E-state index contributed by atoms with van der Waals surface area (Å²) in [7, 11) is 0. The molecule has 7 nitrogen and oxygen atoms in total. The highest BCUT2D eigenvalue weighted by Gasteiger charge is 2.20. The van der Waals surface area contributed by atoms with Crippen LogP contribution in [0.5, 0.6) is 0 Å². The molecule has 1 atom stereocenters. The predicted octanol–water partition coefficient (Wildman–Crippen LogP) is 0.0689. The Kier molecular flexibility index (Phi) is 6.60. The smallest absolute Gasteiger partial charge is 0.254 e. The van der Waals surface area contributed by atoms with Crippen molar-refractivity contribution in [3.63, 3.8) is 0 Å². The summed E-state index contributed by atoms with van der Waals surface area (Å²) < 4.78 is 5.28. The Hall–Kier alpha value is -1.96. The van der Waals surface area contributed by atoms with Crippen molar-refractivity contribution in [2.24, 2.45) is 0 Å². The quantitative estimate of drug-likeness (QED) is 0.777. The monoisotopic (exact) mass is 360 g/mol. The maximum absolute atomic E-state index is 12.4. The fourth-order valence-electron chi connectivity index (χ4n) is 3.27. The molecule has 2 saturated heterocycles. The first kappa shape index (κ1) is 18.8. The Bertz CT molecular complexity index is 614. The highest BCUT2D eigenvalue weighted by atomic mass is 16.5. The van der Waals surface area contributed by atoms with Gasteiger partial charge in [-0.1, -0.05) is 12.1 Å². The first-order valence-corrected chi connectivity index (χ1v) is 9.31. The van der Waals surface area contributed by atoms with Crippen molar-refractivity contribution < 1.29 is 14.3 Å². The third kappa shape index (κ3) is 5.03. The van der Waals surface area contributed by atoms with E-state index in [1.165, 1.54) is 0 Å². The molecule has 0 spiro atoms. The number of nitrogens with zero attached hydrogens (tertiary/aromatic N) is 2. The number of morpholine rings is 1. The molecule has 1 aromatic carbocycles. The molecule has 0 saturated carbocycles. The largest absolute Gasteiger partial charge is 0.378 e. The van der Waals surface area contributed by atoms with Crippen LogP contribution in [0, 0.1) is 0 Å². The number of hydrogen-bond acceptors (Lipinski definition) is 5. The maximum Gasteiger partial charge on any atom is 0.254 e. The Labute approximate surface area is 154 Å². The molecular formula is C19H28N4O3.